The van der Waals surface area contributed by atoms with Crippen molar-refractivity contribution in [1.82, 2.24) is 5.32 Å². The van der Waals surface area contributed by atoms with E-state index in [1.165, 1.54) is 18.2 Å². The molecule has 1 aromatic rings. The van der Waals surface area contributed by atoms with Crippen LogP contribution in [0.4, 0.5) is 0 Å². The smallest absolute Gasteiger partial charge is 0.230 e. The van der Waals surface area contributed by atoms with Crippen molar-refractivity contribution < 1.29 is 9.53 Å². The average Bonchev–Trinajstić information content (AvgIpc) is 2.45. The number of thioether (sulfide) groups is 1. The average molecular weight is 300 g/mol. The van der Waals surface area contributed by atoms with Gasteiger partial charge < -0.3 is 10.1 Å². The molecule has 5 heteroatoms. The van der Waals surface area contributed by atoms with E-state index in [1.807, 2.05) is 24.3 Å². The van der Waals surface area contributed by atoms with Crippen molar-refractivity contribution in [3.8, 4) is 0 Å². The van der Waals surface area contributed by atoms with Gasteiger partial charge in [-0.1, -0.05) is 11.6 Å². The van der Waals surface area contributed by atoms with E-state index >= 15 is 0 Å². The number of hydrogen-bond acceptors (Lipinski definition) is 3. The van der Waals surface area contributed by atoms with Gasteiger partial charge in [-0.05, 0) is 43.5 Å². The Morgan fingerprint density at radius 2 is 2.16 bits per heavy atom. The van der Waals surface area contributed by atoms with Gasteiger partial charge in [-0.3, -0.25) is 4.79 Å². The molecule has 3 nitrogen and oxygen atoms in total. The third kappa shape index (κ3) is 5.43. The summed E-state index contributed by atoms with van der Waals surface area (Å²) in [5, 5.41) is 3.63. The molecule has 0 spiro atoms. The molecule has 1 atom stereocenters. The number of amides is 1. The van der Waals surface area contributed by atoms with Crippen LogP contribution < -0.4 is 5.32 Å². The number of halogens is 1. The van der Waals surface area contributed by atoms with E-state index in [2.05, 4.69) is 5.32 Å². The Morgan fingerprint density at radius 3 is 2.84 bits per heavy atom. The third-order valence-electron chi connectivity index (χ3n) is 2.98. The zero-order chi connectivity index (χ0) is 13.5. The molecule has 1 N–H and O–H groups in total. The highest BCUT2D eigenvalue weighted by Gasteiger charge is 2.14. The number of carbonyl (C=O) groups is 1. The Kier molecular flexibility index (Phi) is 6.01. The van der Waals surface area contributed by atoms with Crippen molar-refractivity contribution in [2.75, 3.05) is 18.9 Å². The molecular weight excluding hydrogens is 282 g/mol. The molecule has 0 unspecified atom stereocenters. The summed E-state index contributed by atoms with van der Waals surface area (Å²) < 4.78 is 5.57. The molecular formula is C14H18ClNO2S. The van der Waals surface area contributed by atoms with Crippen LogP contribution >= 0.6 is 23.4 Å². The Hall–Kier alpha value is -0.710. The molecule has 1 aliphatic heterocycles. The van der Waals surface area contributed by atoms with Crippen molar-refractivity contribution in [2.45, 2.75) is 30.3 Å². The first-order chi connectivity index (χ1) is 9.24. The largest absolute Gasteiger partial charge is 0.376 e. The lowest BCUT2D eigenvalue weighted by Crippen LogP contribution is -2.36. The van der Waals surface area contributed by atoms with Crippen molar-refractivity contribution in [3.63, 3.8) is 0 Å². The van der Waals surface area contributed by atoms with Crippen LogP contribution in [0.3, 0.4) is 0 Å². The highest BCUT2D eigenvalue weighted by Crippen LogP contribution is 2.20. The van der Waals surface area contributed by atoms with Crippen LogP contribution in [0.5, 0.6) is 0 Å². The fraction of sp³-hybridized carbons (Fsp3) is 0.500. The number of carbonyl (C=O) groups excluding carboxylic acids is 1. The maximum absolute atomic E-state index is 11.7. The zero-order valence-electron chi connectivity index (χ0n) is 10.7. The first kappa shape index (κ1) is 14.7. The second-order valence-electron chi connectivity index (χ2n) is 4.54. The molecule has 1 saturated heterocycles. The molecule has 0 saturated carbocycles. The van der Waals surface area contributed by atoms with Crippen LogP contribution in [0.15, 0.2) is 29.2 Å². The molecule has 1 aliphatic rings. The van der Waals surface area contributed by atoms with Gasteiger partial charge >= 0.3 is 0 Å². The topological polar surface area (TPSA) is 38.3 Å². The van der Waals surface area contributed by atoms with Gasteiger partial charge in [0.25, 0.3) is 0 Å². The van der Waals surface area contributed by atoms with Gasteiger partial charge in [-0.2, -0.15) is 0 Å². The lowest BCUT2D eigenvalue weighted by molar-refractivity contribution is -0.119. The summed E-state index contributed by atoms with van der Waals surface area (Å²) in [5.41, 5.74) is 0. The summed E-state index contributed by atoms with van der Waals surface area (Å²) in [5.74, 6) is 0.475. The summed E-state index contributed by atoms with van der Waals surface area (Å²) in [7, 11) is 0. The van der Waals surface area contributed by atoms with E-state index in [0.29, 0.717) is 17.3 Å². The number of nitrogens with one attached hydrogen (secondary N) is 1. The monoisotopic (exact) mass is 299 g/mol. The molecule has 104 valence electrons. The van der Waals surface area contributed by atoms with Crippen LogP contribution in [0, 0.1) is 0 Å². The van der Waals surface area contributed by atoms with E-state index in [0.717, 1.165) is 24.3 Å². The van der Waals surface area contributed by atoms with Crippen LogP contribution in [-0.2, 0) is 9.53 Å². The molecule has 1 amide bonds. The van der Waals surface area contributed by atoms with Crippen molar-refractivity contribution >= 4 is 29.3 Å². The summed E-state index contributed by atoms with van der Waals surface area (Å²) in [6, 6.07) is 7.50. The minimum Gasteiger partial charge on any atom is -0.376 e. The summed E-state index contributed by atoms with van der Waals surface area (Å²) in [6.07, 6.45) is 3.57. The van der Waals surface area contributed by atoms with E-state index in [9.17, 15) is 4.79 Å². The second-order valence-corrected chi connectivity index (χ2v) is 6.02. The van der Waals surface area contributed by atoms with Crippen LogP contribution in [0.1, 0.15) is 19.3 Å². The maximum atomic E-state index is 11.7. The van der Waals surface area contributed by atoms with E-state index < -0.39 is 0 Å². The van der Waals surface area contributed by atoms with Crippen LogP contribution in [0.2, 0.25) is 5.02 Å². The lowest BCUT2D eigenvalue weighted by atomic mass is 10.1. The Labute approximate surface area is 123 Å². The zero-order valence-corrected chi connectivity index (χ0v) is 12.3. The number of hydrogen-bond donors (Lipinski definition) is 1. The Morgan fingerprint density at radius 1 is 1.37 bits per heavy atom. The minimum absolute atomic E-state index is 0.0501. The van der Waals surface area contributed by atoms with Crippen molar-refractivity contribution in [2.24, 2.45) is 0 Å². The van der Waals surface area contributed by atoms with Crippen LogP contribution in [-0.4, -0.2) is 30.9 Å². The maximum Gasteiger partial charge on any atom is 0.230 e. The summed E-state index contributed by atoms with van der Waals surface area (Å²) in [4.78, 5) is 12.8. The third-order valence-corrected chi connectivity index (χ3v) is 4.25. The number of benzene rings is 1. The molecule has 0 bridgehead atoms. The lowest BCUT2D eigenvalue weighted by Gasteiger charge is -2.22. The van der Waals surface area contributed by atoms with Gasteiger partial charge in [-0.15, -0.1) is 11.8 Å². The van der Waals surface area contributed by atoms with Gasteiger partial charge in [0.05, 0.1) is 11.9 Å². The quantitative estimate of drug-likeness (QED) is 0.849. The van der Waals surface area contributed by atoms with Crippen molar-refractivity contribution in [1.29, 1.82) is 0 Å². The summed E-state index contributed by atoms with van der Waals surface area (Å²) in [6.45, 7) is 1.44. The first-order valence-electron chi connectivity index (χ1n) is 6.51. The molecule has 0 aromatic heterocycles. The predicted molar refractivity (Wildman–Crippen MR) is 78.8 cm³/mol. The minimum atomic E-state index is 0.0501. The van der Waals surface area contributed by atoms with Crippen molar-refractivity contribution in [3.05, 3.63) is 29.3 Å². The fourth-order valence-corrected chi connectivity index (χ4v) is 2.78. The first-order valence-corrected chi connectivity index (χ1v) is 7.87. The standard InChI is InChI=1S/C14H18ClNO2S/c15-11-4-6-13(7-5-11)19-10-14(17)16-9-12-3-1-2-8-18-12/h4-7,12H,1-3,8-10H2,(H,16,17)/t12-/m1/s1. The SMILES string of the molecule is O=C(CSc1ccc(Cl)cc1)NC[C@H]1CCCCO1. The van der Waals surface area contributed by atoms with E-state index in [-0.39, 0.29) is 12.0 Å². The molecule has 1 fully saturated rings. The van der Waals surface area contributed by atoms with Gasteiger partial charge in [0, 0.05) is 23.1 Å². The molecule has 19 heavy (non-hydrogen) atoms. The van der Waals surface area contributed by atoms with Gasteiger partial charge in [-0.25, -0.2) is 0 Å². The number of ether oxygens (including phenoxy) is 1. The highest BCUT2D eigenvalue weighted by molar-refractivity contribution is 8.00. The van der Waals surface area contributed by atoms with Crippen LogP contribution in [0.25, 0.3) is 0 Å². The number of rotatable bonds is 5. The molecule has 0 radical (unpaired) electrons. The Balaban J connectivity index is 1.65. The molecule has 2 rings (SSSR count). The normalized spacial score (nSPS) is 19.1. The second kappa shape index (κ2) is 7.78. The molecule has 1 aromatic carbocycles. The van der Waals surface area contributed by atoms with Gasteiger partial charge in [0.1, 0.15) is 0 Å². The molecule has 1 heterocycles. The highest BCUT2D eigenvalue weighted by atomic mass is 35.5. The van der Waals surface area contributed by atoms with Gasteiger partial charge in [0.15, 0.2) is 0 Å². The molecule has 0 aliphatic carbocycles. The fourth-order valence-electron chi connectivity index (χ4n) is 1.93. The predicted octanol–water partition coefficient (Wildman–Crippen LogP) is 3.12. The van der Waals surface area contributed by atoms with E-state index in [4.69, 9.17) is 16.3 Å². The van der Waals surface area contributed by atoms with Gasteiger partial charge in [0.2, 0.25) is 5.91 Å². The summed E-state index contributed by atoms with van der Waals surface area (Å²) >= 11 is 7.32. The Bertz CT molecular complexity index is 404. The van der Waals surface area contributed by atoms with E-state index in [1.54, 1.807) is 0 Å².